The van der Waals surface area contributed by atoms with Crippen LogP contribution in [-0.2, 0) is 27.1 Å². The van der Waals surface area contributed by atoms with Gasteiger partial charge in [0, 0.05) is 18.2 Å². The summed E-state index contributed by atoms with van der Waals surface area (Å²) in [6, 6.07) is 6.46. The summed E-state index contributed by atoms with van der Waals surface area (Å²) in [7, 11) is 0. The number of benzene rings is 1. The van der Waals surface area contributed by atoms with Crippen LogP contribution < -0.4 is 0 Å². The van der Waals surface area contributed by atoms with Gasteiger partial charge in [-0.25, -0.2) is 0 Å². The van der Waals surface area contributed by atoms with E-state index in [4.69, 9.17) is 14.2 Å². The predicted octanol–water partition coefficient (Wildman–Crippen LogP) is 2.35. The van der Waals surface area contributed by atoms with Crippen LogP contribution in [0.4, 0.5) is 0 Å². The maximum Gasteiger partial charge on any atom is 0.229 e. The number of aliphatic hydroxyl groups is 2. The molecule has 0 saturated carbocycles. The Balaban J connectivity index is 1.46. The zero-order chi connectivity index (χ0) is 22.0. The first-order chi connectivity index (χ1) is 14.8. The monoisotopic (exact) mass is 430 g/mol. The van der Waals surface area contributed by atoms with E-state index in [0.29, 0.717) is 38.9 Å². The Bertz CT molecular complexity index is 839. The van der Waals surface area contributed by atoms with Crippen molar-refractivity contribution in [1.29, 1.82) is 0 Å². The molecule has 0 aromatic heterocycles. The maximum absolute atomic E-state index is 10.5. The summed E-state index contributed by atoms with van der Waals surface area (Å²) >= 11 is 0. The van der Waals surface area contributed by atoms with Crippen molar-refractivity contribution in [2.45, 2.75) is 58.6 Å². The number of rotatable bonds is 5. The fourth-order valence-electron chi connectivity index (χ4n) is 4.14. The average molecular weight is 431 g/mol. The first-order valence-corrected chi connectivity index (χ1v) is 11.2. The highest BCUT2D eigenvalue weighted by molar-refractivity contribution is 5.97. The van der Waals surface area contributed by atoms with Crippen LogP contribution in [0.5, 0.6) is 0 Å². The van der Waals surface area contributed by atoms with E-state index < -0.39 is 6.35 Å². The summed E-state index contributed by atoms with van der Waals surface area (Å²) in [5.41, 5.74) is 4.40. The van der Waals surface area contributed by atoms with Gasteiger partial charge in [-0.1, -0.05) is 39.0 Å². The van der Waals surface area contributed by atoms with Gasteiger partial charge in [0.1, 0.15) is 12.7 Å². The van der Waals surface area contributed by atoms with Crippen LogP contribution in [0.2, 0.25) is 0 Å². The zero-order valence-electron chi connectivity index (χ0n) is 18.7. The molecular weight excluding hydrogens is 396 g/mol. The molecule has 0 radical (unpaired) electrons. The average Bonchev–Trinajstić information content (AvgIpc) is 2.75. The standard InChI is InChI=1S/C24H34N2O5/c1-24(2,3)21(27)7-5-16-4-6-19-17(12-16)8-9-26-20(19)13-22(25-23(26)28)31-15-18-14-29-10-11-30-18/h4,6,12-13,18,21,23,27-28H,5,7-11,14-15H2,1-3H3/t18-,21?,23?/m0/s1. The molecular formula is C24H34N2O5. The Kier molecular flexibility index (Phi) is 6.67. The van der Waals surface area contributed by atoms with Crippen molar-refractivity contribution in [2.24, 2.45) is 10.4 Å². The number of fused-ring (bicyclic) bond motifs is 3. The van der Waals surface area contributed by atoms with Crippen molar-refractivity contribution in [2.75, 3.05) is 33.0 Å². The van der Waals surface area contributed by atoms with E-state index in [1.54, 1.807) is 0 Å². The van der Waals surface area contributed by atoms with Crippen molar-refractivity contribution in [1.82, 2.24) is 4.90 Å². The van der Waals surface area contributed by atoms with E-state index in [1.165, 1.54) is 11.1 Å². The Labute approximate surface area is 184 Å². The molecule has 7 nitrogen and oxygen atoms in total. The predicted molar refractivity (Wildman–Crippen MR) is 119 cm³/mol. The van der Waals surface area contributed by atoms with Gasteiger partial charge in [-0.05, 0) is 35.8 Å². The third-order valence-corrected chi connectivity index (χ3v) is 6.17. The first kappa shape index (κ1) is 22.3. The highest BCUT2D eigenvalue weighted by Crippen LogP contribution is 2.33. The van der Waals surface area contributed by atoms with Crippen LogP contribution in [0.15, 0.2) is 29.3 Å². The largest absolute Gasteiger partial charge is 0.475 e. The van der Waals surface area contributed by atoms with Crippen molar-refractivity contribution in [3.8, 4) is 0 Å². The number of ether oxygens (including phenoxy) is 3. The SMILES string of the molecule is CC(C)(C)C(O)CCc1ccc2c(c1)CCN1C2=CC(OC[C@@H]2COCCO2)=NC1O. The zero-order valence-corrected chi connectivity index (χ0v) is 18.7. The second-order valence-electron chi connectivity index (χ2n) is 9.58. The lowest BCUT2D eigenvalue weighted by Gasteiger charge is -2.37. The second kappa shape index (κ2) is 9.28. The number of aryl methyl sites for hydroxylation is 1. The van der Waals surface area contributed by atoms with Crippen LogP contribution in [0.3, 0.4) is 0 Å². The number of hydrogen-bond acceptors (Lipinski definition) is 7. The Morgan fingerprint density at radius 1 is 1.29 bits per heavy atom. The molecule has 7 heteroatoms. The number of nitrogens with zero attached hydrogens (tertiary/aromatic N) is 2. The Morgan fingerprint density at radius 2 is 2.13 bits per heavy atom. The molecule has 0 aliphatic carbocycles. The third kappa shape index (κ3) is 5.29. The normalized spacial score (nSPS) is 24.6. The minimum atomic E-state index is -0.951. The lowest BCUT2D eigenvalue weighted by molar-refractivity contribution is -0.103. The summed E-state index contributed by atoms with van der Waals surface area (Å²) in [6.07, 6.45) is 2.94. The van der Waals surface area contributed by atoms with E-state index in [0.717, 1.165) is 30.5 Å². The molecule has 3 aliphatic heterocycles. The molecule has 4 rings (SSSR count). The summed E-state index contributed by atoms with van der Waals surface area (Å²) in [5.74, 6) is 0.415. The smallest absolute Gasteiger partial charge is 0.229 e. The molecule has 3 heterocycles. The van der Waals surface area contributed by atoms with Gasteiger partial charge in [0.15, 0.2) is 0 Å². The third-order valence-electron chi connectivity index (χ3n) is 6.17. The molecule has 1 fully saturated rings. The maximum atomic E-state index is 10.5. The summed E-state index contributed by atoms with van der Waals surface area (Å²) in [6.45, 7) is 8.93. The summed E-state index contributed by atoms with van der Waals surface area (Å²) in [4.78, 5) is 6.19. The second-order valence-corrected chi connectivity index (χ2v) is 9.58. The van der Waals surface area contributed by atoms with E-state index >= 15 is 0 Å². The fraction of sp³-hybridized carbons (Fsp3) is 0.625. The van der Waals surface area contributed by atoms with Gasteiger partial charge in [0.05, 0.1) is 31.6 Å². The lowest BCUT2D eigenvalue weighted by atomic mass is 9.85. The van der Waals surface area contributed by atoms with E-state index in [1.807, 2.05) is 11.0 Å². The minimum absolute atomic E-state index is 0.109. The number of aliphatic imine (C=N–C) groups is 1. The molecule has 1 saturated heterocycles. The molecule has 2 unspecified atom stereocenters. The van der Waals surface area contributed by atoms with Gasteiger partial charge in [-0.2, -0.15) is 4.99 Å². The van der Waals surface area contributed by atoms with E-state index in [-0.39, 0.29) is 17.6 Å². The van der Waals surface area contributed by atoms with Crippen molar-refractivity contribution >= 4 is 11.6 Å². The fourth-order valence-corrected chi connectivity index (χ4v) is 4.14. The number of hydrogen-bond donors (Lipinski definition) is 2. The van der Waals surface area contributed by atoms with E-state index in [2.05, 4.69) is 44.0 Å². The van der Waals surface area contributed by atoms with Gasteiger partial charge in [0.25, 0.3) is 0 Å². The van der Waals surface area contributed by atoms with Crippen LogP contribution >= 0.6 is 0 Å². The minimum Gasteiger partial charge on any atom is -0.475 e. The van der Waals surface area contributed by atoms with Gasteiger partial charge in [0.2, 0.25) is 12.2 Å². The summed E-state index contributed by atoms with van der Waals surface area (Å²) < 4.78 is 16.9. The van der Waals surface area contributed by atoms with Crippen molar-refractivity contribution in [3.63, 3.8) is 0 Å². The Hall–Kier alpha value is -1.93. The van der Waals surface area contributed by atoms with Gasteiger partial charge >= 0.3 is 0 Å². The summed E-state index contributed by atoms with van der Waals surface area (Å²) in [5, 5.41) is 20.9. The van der Waals surface area contributed by atoms with Crippen molar-refractivity contribution < 1.29 is 24.4 Å². The van der Waals surface area contributed by atoms with Gasteiger partial charge in [-0.3, -0.25) is 0 Å². The van der Waals surface area contributed by atoms with Gasteiger partial charge in [-0.15, -0.1) is 0 Å². The molecule has 2 N–H and O–H groups in total. The van der Waals surface area contributed by atoms with Crippen LogP contribution in [0, 0.1) is 5.41 Å². The first-order valence-electron chi connectivity index (χ1n) is 11.2. The molecule has 0 spiro atoms. The molecule has 1 aromatic carbocycles. The molecule has 1 aromatic rings. The molecule has 0 amide bonds. The topological polar surface area (TPSA) is 83.8 Å². The molecule has 31 heavy (non-hydrogen) atoms. The van der Waals surface area contributed by atoms with Crippen LogP contribution in [0.25, 0.3) is 5.70 Å². The number of aliphatic hydroxyl groups excluding tert-OH is 2. The highest BCUT2D eigenvalue weighted by atomic mass is 16.6. The molecule has 0 bridgehead atoms. The molecule has 3 aliphatic rings. The Morgan fingerprint density at radius 3 is 2.87 bits per heavy atom. The quantitative estimate of drug-likeness (QED) is 0.746. The van der Waals surface area contributed by atoms with Crippen LogP contribution in [-0.4, -0.2) is 72.5 Å². The molecule has 3 atom stereocenters. The highest BCUT2D eigenvalue weighted by Gasteiger charge is 2.30. The molecule has 170 valence electrons. The lowest BCUT2D eigenvalue weighted by Crippen LogP contribution is -2.41. The van der Waals surface area contributed by atoms with Gasteiger partial charge < -0.3 is 29.3 Å². The van der Waals surface area contributed by atoms with Crippen LogP contribution in [0.1, 0.15) is 43.9 Å². The van der Waals surface area contributed by atoms with Crippen molar-refractivity contribution in [3.05, 3.63) is 41.0 Å². The van der Waals surface area contributed by atoms with E-state index in [9.17, 15) is 10.2 Å².